The molecular weight excluding hydrogens is 294 g/mol. The highest BCUT2D eigenvalue weighted by Crippen LogP contribution is 2.27. The van der Waals surface area contributed by atoms with Gasteiger partial charge in [-0.15, -0.1) is 0 Å². The van der Waals surface area contributed by atoms with Crippen molar-refractivity contribution < 1.29 is 4.74 Å². The van der Waals surface area contributed by atoms with Crippen molar-refractivity contribution in [1.29, 1.82) is 0 Å². The van der Waals surface area contributed by atoms with Gasteiger partial charge in [-0.2, -0.15) is 11.3 Å². The summed E-state index contributed by atoms with van der Waals surface area (Å²) in [7, 11) is 0. The fourth-order valence-electron chi connectivity index (χ4n) is 3.10. The molecule has 1 saturated heterocycles. The first-order chi connectivity index (χ1) is 10.8. The number of thiophene rings is 1. The van der Waals surface area contributed by atoms with E-state index >= 15 is 0 Å². The fourth-order valence-corrected chi connectivity index (χ4v) is 3.80. The predicted molar refractivity (Wildman–Crippen MR) is 88.1 cm³/mol. The van der Waals surface area contributed by atoms with Gasteiger partial charge in [-0.25, -0.2) is 4.98 Å². The Morgan fingerprint density at radius 2 is 2.27 bits per heavy atom. The molecule has 5 heteroatoms. The van der Waals surface area contributed by atoms with Crippen molar-refractivity contribution >= 4 is 17.0 Å². The Bertz CT molecular complexity index is 719. The maximum absolute atomic E-state index is 6.10. The average Bonchev–Trinajstić information content (AvgIpc) is 3.15. The smallest absolute Gasteiger partial charge is 0.137 e. The van der Waals surface area contributed by atoms with Gasteiger partial charge in [-0.1, -0.05) is 6.07 Å². The van der Waals surface area contributed by atoms with E-state index in [4.69, 9.17) is 9.72 Å². The average molecular weight is 313 g/mol. The number of pyridine rings is 1. The molecule has 0 N–H and O–H groups in total. The highest BCUT2D eigenvalue weighted by molar-refractivity contribution is 7.07. The van der Waals surface area contributed by atoms with E-state index in [1.165, 1.54) is 5.56 Å². The Kier molecular flexibility index (Phi) is 3.70. The summed E-state index contributed by atoms with van der Waals surface area (Å²) < 4.78 is 8.18. The Balaban J connectivity index is 1.51. The Labute approximate surface area is 134 Å². The largest absolute Gasteiger partial charge is 0.368 e. The van der Waals surface area contributed by atoms with Gasteiger partial charge >= 0.3 is 0 Å². The van der Waals surface area contributed by atoms with Gasteiger partial charge in [0.2, 0.25) is 0 Å². The zero-order chi connectivity index (χ0) is 14.9. The summed E-state index contributed by atoms with van der Waals surface area (Å²) in [5, 5.41) is 4.30. The molecule has 114 valence electrons. The normalized spacial score (nSPS) is 23.1. The van der Waals surface area contributed by atoms with Gasteiger partial charge in [-0.3, -0.25) is 4.90 Å². The molecule has 0 radical (unpaired) electrons. The van der Waals surface area contributed by atoms with E-state index in [2.05, 4.69) is 39.2 Å². The van der Waals surface area contributed by atoms with E-state index < -0.39 is 0 Å². The second-order valence-corrected chi connectivity index (χ2v) is 6.66. The number of ether oxygens (including phenoxy) is 1. The molecule has 3 aromatic rings. The van der Waals surface area contributed by atoms with Crippen molar-refractivity contribution in [1.82, 2.24) is 14.3 Å². The minimum absolute atomic E-state index is 0.173. The van der Waals surface area contributed by atoms with Crippen LogP contribution >= 0.6 is 11.3 Å². The summed E-state index contributed by atoms with van der Waals surface area (Å²) in [5.74, 6) is 0. The van der Waals surface area contributed by atoms with Gasteiger partial charge in [-0.05, 0) is 41.4 Å². The molecule has 1 aliphatic heterocycles. The minimum Gasteiger partial charge on any atom is -0.368 e. The minimum atomic E-state index is 0.173. The molecule has 1 aliphatic rings. The predicted octanol–water partition coefficient (Wildman–Crippen LogP) is 3.36. The maximum atomic E-state index is 6.10. The first-order valence-corrected chi connectivity index (χ1v) is 8.55. The lowest BCUT2D eigenvalue weighted by atomic mass is 10.1. The third-order valence-electron chi connectivity index (χ3n) is 4.05. The van der Waals surface area contributed by atoms with E-state index in [1.807, 2.05) is 24.4 Å². The second kappa shape index (κ2) is 5.83. The van der Waals surface area contributed by atoms with Crippen LogP contribution in [0.1, 0.15) is 24.3 Å². The maximum Gasteiger partial charge on any atom is 0.137 e. The zero-order valence-corrected chi connectivity index (χ0v) is 13.4. The van der Waals surface area contributed by atoms with Crippen LogP contribution < -0.4 is 0 Å². The summed E-state index contributed by atoms with van der Waals surface area (Å²) in [5.41, 5.74) is 3.41. The van der Waals surface area contributed by atoms with Crippen molar-refractivity contribution in [2.75, 3.05) is 13.1 Å². The van der Waals surface area contributed by atoms with Gasteiger partial charge in [0, 0.05) is 32.0 Å². The monoisotopic (exact) mass is 313 g/mol. The van der Waals surface area contributed by atoms with E-state index in [0.717, 1.165) is 31.0 Å². The molecule has 0 aromatic carbocycles. The lowest BCUT2D eigenvalue weighted by Crippen LogP contribution is -2.42. The first kappa shape index (κ1) is 13.9. The van der Waals surface area contributed by atoms with Crippen LogP contribution in [0.15, 0.2) is 47.4 Å². The van der Waals surface area contributed by atoms with Gasteiger partial charge in [0.05, 0.1) is 17.9 Å². The summed E-state index contributed by atoms with van der Waals surface area (Å²) >= 11 is 1.73. The Morgan fingerprint density at radius 3 is 3.09 bits per heavy atom. The van der Waals surface area contributed by atoms with Crippen LogP contribution in [0.5, 0.6) is 0 Å². The van der Waals surface area contributed by atoms with E-state index in [9.17, 15) is 0 Å². The van der Waals surface area contributed by atoms with Gasteiger partial charge < -0.3 is 9.14 Å². The number of rotatable bonds is 3. The van der Waals surface area contributed by atoms with Gasteiger partial charge in [0.25, 0.3) is 0 Å². The molecule has 1 fully saturated rings. The van der Waals surface area contributed by atoms with Crippen LogP contribution in [0.25, 0.3) is 5.65 Å². The summed E-state index contributed by atoms with van der Waals surface area (Å²) in [6.07, 6.45) is 4.58. The van der Waals surface area contributed by atoms with E-state index in [0.29, 0.717) is 0 Å². The summed E-state index contributed by atoms with van der Waals surface area (Å²) in [4.78, 5) is 7.14. The third-order valence-corrected chi connectivity index (χ3v) is 4.75. The Hall–Kier alpha value is -1.69. The standard InChI is InChI=1S/C17H19N3OS/c1-13-8-19(11-16(21-13)14-5-7-22-12-14)9-15-10-20-6-3-2-4-17(20)18-15/h2-7,10,12-13,16H,8-9,11H2,1H3. The molecular formula is C17H19N3OS. The lowest BCUT2D eigenvalue weighted by molar-refractivity contribution is -0.0814. The fraction of sp³-hybridized carbons (Fsp3) is 0.353. The van der Waals surface area contributed by atoms with Gasteiger partial charge in [0.1, 0.15) is 5.65 Å². The number of morpholine rings is 1. The van der Waals surface area contributed by atoms with Crippen LogP contribution in [0.3, 0.4) is 0 Å². The van der Waals surface area contributed by atoms with Crippen LogP contribution in [0.4, 0.5) is 0 Å². The molecule has 0 amide bonds. The number of fused-ring (bicyclic) bond motifs is 1. The topological polar surface area (TPSA) is 29.8 Å². The number of aromatic nitrogens is 2. The molecule has 0 aliphatic carbocycles. The van der Waals surface area contributed by atoms with Gasteiger partial charge in [0.15, 0.2) is 0 Å². The van der Waals surface area contributed by atoms with Crippen LogP contribution in [-0.2, 0) is 11.3 Å². The zero-order valence-electron chi connectivity index (χ0n) is 12.6. The Morgan fingerprint density at radius 1 is 1.32 bits per heavy atom. The number of imidazole rings is 1. The van der Waals surface area contributed by atoms with Crippen molar-refractivity contribution in [3.8, 4) is 0 Å². The van der Waals surface area contributed by atoms with E-state index in [-0.39, 0.29) is 12.2 Å². The number of hydrogen-bond donors (Lipinski definition) is 0. The molecule has 4 heterocycles. The first-order valence-electron chi connectivity index (χ1n) is 7.60. The molecule has 2 atom stereocenters. The molecule has 3 aromatic heterocycles. The number of hydrogen-bond acceptors (Lipinski definition) is 4. The molecule has 0 spiro atoms. The van der Waals surface area contributed by atoms with Crippen molar-refractivity contribution in [2.45, 2.75) is 25.7 Å². The van der Waals surface area contributed by atoms with Crippen molar-refractivity contribution in [3.63, 3.8) is 0 Å². The summed E-state index contributed by atoms with van der Waals surface area (Å²) in [6.45, 7) is 4.90. The molecule has 4 nitrogen and oxygen atoms in total. The summed E-state index contributed by atoms with van der Waals surface area (Å²) in [6, 6.07) is 8.26. The van der Waals surface area contributed by atoms with E-state index in [1.54, 1.807) is 11.3 Å². The lowest BCUT2D eigenvalue weighted by Gasteiger charge is -2.36. The van der Waals surface area contributed by atoms with Crippen LogP contribution in [0, 0.1) is 0 Å². The highest BCUT2D eigenvalue weighted by atomic mass is 32.1. The van der Waals surface area contributed by atoms with Crippen LogP contribution in [-0.4, -0.2) is 33.5 Å². The van der Waals surface area contributed by atoms with Crippen LogP contribution in [0.2, 0.25) is 0 Å². The highest BCUT2D eigenvalue weighted by Gasteiger charge is 2.27. The van der Waals surface area contributed by atoms with Crippen molar-refractivity contribution in [3.05, 3.63) is 58.7 Å². The molecule has 2 unspecified atom stereocenters. The molecule has 4 rings (SSSR count). The number of nitrogens with zero attached hydrogens (tertiary/aromatic N) is 3. The third kappa shape index (κ3) is 2.79. The molecule has 22 heavy (non-hydrogen) atoms. The quantitative estimate of drug-likeness (QED) is 0.742. The SMILES string of the molecule is CC1CN(Cc2cn3ccccc3n2)CC(c2ccsc2)O1. The molecule has 0 saturated carbocycles. The second-order valence-electron chi connectivity index (χ2n) is 5.88. The van der Waals surface area contributed by atoms with Crippen molar-refractivity contribution in [2.24, 2.45) is 0 Å². The molecule has 0 bridgehead atoms.